The maximum atomic E-state index is 5.67. The van der Waals surface area contributed by atoms with E-state index in [1.165, 1.54) is 0 Å². The molecule has 0 radical (unpaired) electrons. The van der Waals surface area contributed by atoms with Gasteiger partial charge in [-0.05, 0) is 29.8 Å². The maximum Gasteiger partial charge on any atom is 0.128 e. The third kappa shape index (κ3) is 2.27. The first-order chi connectivity index (χ1) is 10.4. The van der Waals surface area contributed by atoms with E-state index in [9.17, 15) is 0 Å². The predicted molar refractivity (Wildman–Crippen MR) is 85.1 cm³/mol. The lowest BCUT2D eigenvalue weighted by Crippen LogP contribution is -1.99. The van der Waals surface area contributed by atoms with Gasteiger partial charge in [0.2, 0.25) is 0 Å². The van der Waals surface area contributed by atoms with Crippen LogP contribution in [0.15, 0.2) is 59.7 Å². The quantitative estimate of drug-likeness (QED) is 0.678. The number of ether oxygens (including phenoxy) is 1. The van der Waals surface area contributed by atoms with Gasteiger partial charge in [0.25, 0.3) is 0 Å². The molecule has 2 heterocycles. The number of aliphatic imine (C=N–C) groups is 1. The normalized spacial score (nSPS) is 13.5. The van der Waals surface area contributed by atoms with Gasteiger partial charge in [-0.3, -0.25) is 9.98 Å². The van der Waals surface area contributed by atoms with Gasteiger partial charge >= 0.3 is 0 Å². The molecule has 0 N–H and O–H groups in total. The largest absolute Gasteiger partial charge is 0.491 e. The molecule has 1 aliphatic rings. The fourth-order valence-electron chi connectivity index (χ4n) is 2.56. The van der Waals surface area contributed by atoms with Gasteiger partial charge < -0.3 is 4.74 Å². The van der Waals surface area contributed by atoms with Crippen molar-refractivity contribution in [2.45, 2.75) is 0 Å². The van der Waals surface area contributed by atoms with Crippen molar-refractivity contribution in [1.29, 1.82) is 0 Å². The van der Waals surface area contributed by atoms with Crippen molar-refractivity contribution in [3.05, 3.63) is 60.3 Å². The molecule has 3 nitrogen and oxygen atoms in total. The van der Waals surface area contributed by atoms with Crippen LogP contribution in [0.5, 0.6) is 5.75 Å². The molecule has 1 aromatic heterocycles. The first kappa shape index (κ1) is 12.1. The fourth-order valence-corrected chi connectivity index (χ4v) is 2.56. The van der Waals surface area contributed by atoms with E-state index < -0.39 is 0 Å². The Morgan fingerprint density at radius 2 is 1.90 bits per heavy atom. The summed E-state index contributed by atoms with van der Waals surface area (Å²) in [5, 5.41) is 1.15. The molecule has 102 valence electrons. The van der Waals surface area contributed by atoms with Gasteiger partial charge in [0.15, 0.2) is 0 Å². The standard InChI is InChI=1S/C18H14N2O/c1-2-4-17-14(3-1)10-15(12-20-17)13-5-6-18-16(9-13)11-19-7-8-21-18/h1-6,9-12H,7-8H2. The third-order valence-corrected chi connectivity index (χ3v) is 3.64. The van der Waals surface area contributed by atoms with Crippen molar-refractivity contribution >= 4 is 17.1 Å². The SMILES string of the molecule is C1=NCCOc2ccc(-c3cnc4ccccc4c3)cc21. The van der Waals surface area contributed by atoms with Crippen molar-refractivity contribution in [2.75, 3.05) is 13.2 Å². The van der Waals surface area contributed by atoms with Gasteiger partial charge in [0, 0.05) is 28.9 Å². The minimum Gasteiger partial charge on any atom is -0.491 e. The van der Waals surface area contributed by atoms with E-state index in [0.29, 0.717) is 13.2 Å². The van der Waals surface area contributed by atoms with Gasteiger partial charge in [-0.1, -0.05) is 24.3 Å². The van der Waals surface area contributed by atoms with E-state index in [2.05, 4.69) is 34.2 Å². The Kier molecular flexibility index (Phi) is 2.89. The van der Waals surface area contributed by atoms with E-state index >= 15 is 0 Å². The molecule has 0 amide bonds. The second-order valence-corrected chi connectivity index (χ2v) is 5.05. The molecule has 0 atom stereocenters. The molecule has 0 bridgehead atoms. The zero-order chi connectivity index (χ0) is 14.1. The Labute approximate surface area is 122 Å². The monoisotopic (exact) mass is 274 g/mol. The second kappa shape index (κ2) is 5.02. The highest BCUT2D eigenvalue weighted by molar-refractivity contribution is 5.88. The molecule has 0 saturated heterocycles. The Morgan fingerprint density at radius 3 is 2.90 bits per heavy atom. The van der Waals surface area contributed by atoms with Crippen LogP contribution in [0.25, 0.3) is 22.0 Å². The van der Waals surface area contributed by atoms with Gasteiger partial charge in [-0.15, -0.1) is 0 Å². The summed E-state index contributed by atoms with van der Waals surface area (Å²) in [6.07, 6.45) is 3.80. The van der Waals surface area contributed by atoms with Gasteiger partial charge in [-0.25, -0.2) is 0 Å². The lowest BCUT2D eigenvalue weighted by Gasteiger charge is -2.08. The first-order valence-electron chi connectivity index (χ1n) is 7.02. The molecule has 0 spiro atoms. The summed E-state index contributed by atoms with van der Waals surface area (Å²) < 4.78 is 5.67. The lowest BCUT2D eigenvalue weighted by molar-refractivity contribution is 0.331. The molecule has 0 fully saturated rings. The zero-order valence-corrected chi connectivity index (χ0v) is 11.5. The Balaban J connectivity index is 1.82. The number of hydrogen-bond acceptors (Lipinski definition) is 3. The third-order valence-electron chi connectivity index (χ3n) is 3.64. The number of hydrogen-bond donors (Lipinski definition) is 0. The molecule has 3 heteroatoms. The number of fused-ring (bicyclic) bond motifs is 2. The van der Waals surface area contributed by atoms with Crippen molar-refractivity contribution in [3.8, 4) is 16.9 Å². The van der Waals surface area contributed by atoms with Crippen LogP contribution in [0.3, 0.4) is 0 Å². The summed E-state index contributed by atoms with van der Waals surface area (Å²) in [7, 11) is 0. The molecule has 0 aliphatic carbocycles. The Morgan fingerprint density at radius 1 is 0.952 bits per heavy atom. The van der Waals surface area contributed by atoms with Crippen LogP contribution in [-0.2, 0) is 0 Å². The van der Waals surface area contributed by atoms with Crippen LogP contribution in [0.1, 0.15) is 5.56 Å². The summed E-state index contributed by atoms with van der Waals surface area (Å²) >= 11 is 0. The average Bonchev–Trinajstić information content (AvgIpc) is 2.79. The number of rotatable bonds is 1. The van der Waals surface area contributed by atoms with E-state index in [1.54, 1.807) is 0 Å². The molecule has 1 aliphatic heterocycles. The molecular formula is C18H14N2O. The van der Waals surface area contributed by atoms with Crippen LogP contribution in [0.4, 0.5) is 0 Å². The van der Waals surface area contributed by atoms with Crippen molar-refractivity contribution in [2.24, 2.45) is 4.99 Å². The highest BCUT2D eigenvalue weighted by Crippen LogP contribution is 2.28. The Hall–Kier alpha value is -2.68. The smallest absolute Gasteiger partial charge is 0.128 e. The Bertz CT molecular complexity index is 839. The van der Waals surface area contributed by atoms with Crippen molar-refractivity contribution < 1.29 is 4.74 Å². The van der Waals surface area contributed by atoms with Crippen LogP contribution in [-0.4, -0.2) is 24.4 Å². The molecule has 4 rings (SSSR count). The van der Waals surface area contributed by atoms with Gasteiger partial charge in [0.1, 0.15) is 12.4 Å². The van der Waals surface area contributed by atoms with E-state index in [4.69, 9.17) is 4.74 Å². The van der Waals surface area contributed by atoms with E-state index in [0.717, 1.165) is 33.3 Å². The number of para-hydroxylation sites is 1. The maximum absolute atomic E-state index is 5.67. The molecular weight excluding hydrogens is 260 g/mol. The molecule has 3 aromatic rings. The van der Waals surface area contributed by atoms with E-state index in [1.807, 2.05) is 36.7 Å². The zero-order valence-electron chi connectivity index (χ0n) is 11.5. The van der Waals surface area contributed by atoms with Gasteiger partial charge in [-0.2, -0.15) is 0 Å². The van der Waals surface area contributed by atoms with Crippen LogP contribution < -0.4 is 4.74 Å². The molecule has 0 unspecified atom stereocenters. The van der Waals surface area contributed by atoms with Crippen LogP contribution in [0.2, 0.25) is 0 Å². The molecule has 21 heavy (non-hydrogen) atoms. The van der Waals surface area contributed by atoms with Crippen LogP contribution in [0, 0.1) is 0 Å². The second-order valence-electron chi connectivity index (χ2n) is 5.05. The van der Waals surface area contributed by atoms with Crippen LogP contribution >= 0.6 is 0 Å². The number of benzene rings is 2. The van der Waals surface area contributed by atoms with Crippen molar-refractivity contribution in [1.82, 2.24) is 4.98 Å². The summed E-state index contributed by atoms with van der Waals surface area (Å²) in [6, 6.07) is 16.5. The fraction of sp³-hybridized carbons (Fsp3) is 0.111. The highest BCUT2D eigenvalue weighted by Gasteiger charge is 2.08. The topological polar surface area (TPSA) is 34.5 Å². The summed E-state index contributed by atoms with van der Waals surface area (Å²) in [4.78, 5) is 8.85. The predicted octanol–water partition coefficient (Wildman–Crippen LogP) is 3.71. The molecule has 2 aromatic carbocycles. The highest BCUT2D eigenvalue weighted by atomic mass is 16.5. The van der Waals surface area contributed by atoms with Crippen molar-refractivity contribution in [3.63, 3.8) is 0 Å². The first-order valence-corrected chi connectivity index (χ1v) is 7.02. The lowest BCUT2D eigenvalue weighted by atomic mass is 10.0. The minimum atomic E-state index is 0.639. The summed E-state index contributed by atoms with van der Waals surface area (Å²) in [5.74, 6) is 0.897. The van der Waals surface area contributed by atoms with E-state index in [-0.39, 0.29) is 0 Å². The number of aromatic nitrogens is 1. The summed E-state index contributed by atoms with van der Waals surface area (Å²) in [5.41, 5.74) is 4.28. The minimum absolute atomic E-state index is 0.639. The number of pyridine rings is 1. The number of nitrogens with zero attached hydrogens (tertiary/aromatic N) is 2. The molecule has 0 saturated carbocycles. The summed E-state index contributed by atoms with van der Waals surface area (Å²) in [6.45, 7) is 1.35. The average molecular weight is 274 g/mol. The van der Waals surface area contributed by atoms with Gasteiger partial charge in [0.05, 0.1) is 12.1 Å².